The summed E-state index contributed by atoms with van der Waals surface area (Å²) < 4.78 is 23.8. The number of nitrogens with one attached hydrogen (secondary N) is 8. The molecule has 13 rings (SSSR count). The number of rotatable bonds is 54. The van der Waals surface area contributed by atoms with E-state index in [9.17, 15) is 87.1 Å². The van der Waals surface area contributed by atoms with Gasteiger partial charge in [-0.25, -0.2) is 38.1 Å². The van der Waals surface area contributed by atoms with E-state index in [0.29, 0.717) is 104 Å². The van der Waals surface area contributed by atoms with Crippen LogP contribution in [0.1, 0.15) is 239 Å². The van der Waals surface area contributed by atoms with Crippen molar-refractivity contribution in [2.24, 2.45) is 37.9 Å². The summed E-state index contributed by atoms with van der Waals surface area (Å²) in [6.07, 6.45) is 15.5. The maximum absolute atomic E-state index is 13.5. The molecule has 7 unspecified atom stereocenters. The SMILES string of the molecule is CC1C(C(=O)NC(Cc2ccc(CC(=O)CCCCCC(=N)N)cc2)C(=O)O)=Nc2ccccc21.CC1C(C(=O)NC(Cc2ccc(CC(=O)CCCCCC(=N)N)cc2)C(=O)O)=Nc2ccccc21.CC1C(C(=O)NC(Cc2ccc(CC(=O)CCCCCC(=N)N)cc2)C(=O)O)=Nc2ccccc21.N=C(N)CCCCCC(=O)Cc1ccc(CC(NC(=O)c2cc3ccccc3n2S(O)(O)c2ccccc2)C(=O)O)cc1. The Kier molecular flexibility index (Phi) is 43.6. The van der Waals surface area contributed by atoms with Crippen LogP contribution >= 0.6 is 10.8 Å². The Morgan fingerprint density at radius 1 is 0.311 bits per heavy atom. The van der Waals surface area contributed by atoms with Crippen molar-refractivity contribution in [1.82, 2.24) is 25.2 Å². The van der Waals surface area contributed by atoms with Crippen LogP contribution < -0.4 is 44.2 Å². The number of carboxylic acid groups (broad SMARTS) is 4. The summed E-state index contributed by atoms with van der Waals surface area (Å²) in [6, 6.07) is 63.2. The van der Waals surface area contributed by atoms with Crippen molar-refractivity contribution in [2.75, 3.05) is 0 Å². The number of aliphatic carboxylic acids is 4. The van der Waals surface area contributed by atoms with E-state index in [2.05, 4.69) is 36.2 Å². The lowest BCUT2D eigenvalue weighted by atomic mass is 9.97. The lowest BCUT2D eigenvalue weighted by Crippen LogP contribution is -2.45. The molecule has 10 aromatic rings. The fraction of sp³-hybridized carbons (Fsp3) is 0.336. The van der Waals surface area contributed by atoms with Crippen molar-refractivity contribution in [3.05, 3.63) is 297 Å². The van der Waals surface area contributed by atoms with Gasteiger partial charge < -0.3 is 64.6 Å². The molecule has 0 fully saturated rings. The van der Waals surface area contributed by atoms with Gasteiger partial charge in [-0.15, -0.1) is 0 Å². The number of hydrogen-bond donors (Lipinski definition) is 18. The topological polar surface area (TPSA) is 616 Å². The molecule has 34 nitrogen and oxygen atoms in total. The molecule has 0 bridgehead atoms. The number of aliphatic imine (C=N–C) groups is 3. The second-order valence-electron chi connectivity index (χ2n) is 37.3. The van der Waals surface area contributed by atoms with Crippen LogP contribution in [-0.4, -0.2) is 169 Å². The summed E-state index contributed by atoms with van der Waals surface area (Å²) >= 11 is 0. The van der Waals surface area contributed by atoms with Gasteiger partial charge in [-0.2, -0.15) is 0 Å². The molecule has 4 amide bonds. The number of nitrogens with zero attached hydrogens (tertiary/aromatic N) is 4. The highest BCUT2D eigenvalue weighted by Crippen LogP contribution is 2.52. The van der Waals surface area contributed by atoms with E-state index in [1.165, 1.54) is 10.0 Å². The number of amides is 4. The number of benzene rings is 9. The minimum atomic E-state index is -3.67. The average molecular weight is 2030 g/mol. The largest absolute Gasteiger partial charge is 0.480 e. The summed E-state index contributed by atoms with van der Waals surface area (Å²) in [4.78, 5) is 162. The molecule has 22 N–H and O–H groups in total. The molecule has 0 spiro atoms. The third-order valence-electron chi connectivity index (χ3n) is 25.6. The summed E-state index contributed by atoms with van der Waals surface area (Å²) in [7, 11) is -3.67. The molecule has 9 aromatic carbocycles. The number of ketones is 4. The van der Waals surface area contributed by atoms with Crippen LogP contribution in [0.5, 0.6) is 0 Å². The second-order valence-corrected chi connectivity index (χ2v) is 39.2. The Balaban J connectivity index is 0.000000203. The molecule has 1 aromatic heterocycles. The van der Waals surface area contributed by atoms with E-state index >= 15 is 0 Å². The van der Waals surface area contributed by atoms with E-state index in [1.54, 1.807) is 115 Å². The highest BCUT2D eigenvalue weighted by atomic mass is 32.3. The molecule has 0 aliphatic carbocycles. The van der Waals surface area contributed by atoms with Crippen LogP contribution in [0.3, 0.4) is 0 Å². The molecule has 0 saturated carbocycles. The zero-order valence-electron chi connectivity index (χ0n) is 83.4. The average Bonchev–Trinajstić information content (AvgIpc) is 1.59. The number of hydrogen-bond acceptors (Lipinski definition) is 21. The second kappa shape index (κ2) is 56.6. The molecule has 4 heterocycles. The zero-order valence-corrected chi connectivity index (χ0v) is 84.2. The van der Waals surface area contributed by atoms with E-state index in [-0.39, 0.29) is 107 Å². The molecule has 3 aliphatic rings. The number of carbonyl (C=O) groups is 12. The first-order valence-electron chi connectivity index (χ1n) is 49.6. The highest BCUT2D eigenvalue weighted by molar-refractivity contribution is 8.23. The van der Waals surface area contributed by atoms with Crippen LogP contribution in [0, 0.1) is 21.6 Å². The Hall–Kier alpha value is -15.9. The van der Waals surface area contributed by atoms with E-state index in [0.717, 1.165) is 150 Å². The van der Waals surface area contributed by atoms with Crippen molar-refractivity contribution in [3.8, 4) is 0 Å². The molecule has 7 atom stereocenters. The van der Waals surface area contributed by atoms with Crippen molar-refractivity contribution in [1.29, 1.82) is 21.6 Å². The fourth-order valence-electron chi connectivity index (χ4n) is 17.4. The summed E-state index contributed by atoms with van der Waals surface area (Å²) in [5, 5.41) is 78.8. The first-order chi connectivity index (χ1) is 70.8. The monoisotopic (exact) mass is 2030 g/mol. The third kappa shape index (κ3) is 35.2. The van der Waals surface area contributed by atoms with E-state index in [4.69, 9.17) is 44.6 Å². The Bertz CT molecular complexity index is 6100. The van der Waals surface area contributed by atoms with Crippen molar-refractivity contribution in [3.63, 3.8) is 0 Å². The van der Waals surface area contributed by atoms with Crippen LogP contribution in [0.4, 0.5) is 17.1 Å². The number of fused-ring (bicyclic) bond motifs is 4. The van der Waals surface area contributed by atoms with Crippen molar-refractivity contribution < 1.29 is 87.1 Å². The van der Waals surface area contributed by atoms with Crippen molar-refractivity contribution in [2.45, 2.75) is 247 Å². The molecule has 0 saturated heterocycles. The molecular formula is C113H132N16O18S. The van der Waals surface area contributed by atoms with Gasteiger partial charge in [0.1, 0.15) is 70.1 Å². The highest BCUT2D eigenvalue weighted by Gasteiger charge is 2.37. The van der Waals surface area contributed by atoms with E-state index < -0.39 is 82.4 Å². The van der Waals surface area contributed by atoms with Crippen LogP contribution in [0.15, 0.2) is 250 Å². The van der Waals surface area contributed by atoms with Gasteiger partial charge in [-0.05, 0) is 155 Å². The van der Waals surface area contributed by atoms with Crippen molar-refractivity contribution >= 4 is 150 Å². The summed E-state index contributed by atoms with van der Waals surface area (Å²) in [6.45, 7) is 5.64. The minimum absolute atomic E-state index is 0.0133. The molecule has 148 heavy (non-hydrogen) atoms. The van der Waals surface area contributed by atoms with Gasteiger partial charge in [0.25, 0.3) is 23.6 Å². The van der Waals surface area contributed by atoms with Gasteiger partial charge >= 0.3 is 23.9 Å². The number of para-hydroxylation sites is 4. The number of unbranched alkanes of at least 4 members (excludes halogenated alkanes) is 8. The number of amidine groups is 4. The Labute approximate surface area is 861 Å². The smallest absolute Gasteiger partial charge is 0.326 e. The molecular weight excluding hydrogens is 1900 g/mol. The van der Waals surface area contributed by atoms with E-state index in [1.807, 2.05) is 130 Å². The standard InChI is InChI=1S/C32H36N4O6S.3C27H32N4O4/c33-30(34)14-6-1-3-10-25(37)19-22-15-17-23(18-16-22)20-27(32(39)40)35-31(38)29-21-24-9-7-8-13-28(24)36(29)43(41,42)26-11-4-2-5-12-26;3*1-17-21-8-5-6-9-22(21)30-25(17)26(33)31-23(27(34)35)16-19-13-11-18(12-14-19)15-20(32)7-3-2-4-10-24(28)29/h2,4-5,7-9,11-13,15-18,21,27,41-42H,1,3,6,10,14,19-20H2,(H3,33,34)(H,35,38)(H,39,40);3*5-6,8-9,11-14,17,23H,2-4,7,10,15-16H2,1H3,(H3,28,29)(H,31,33)(H,34,35). The number of carboxylic acids is 4. The number of nitrogens with two attached hydrogens (primary N) is 4. The predicted octanol–water partition coefficient (Wildman–Crippen LogP) is 16.7. The van der Waals surface area contributed by atoms with Gasteiger partial charge in [-0.1, -0.05) is 245 Å². The minimum Gasteiger partial charge on any atom is -0.480 e. The lowest BCUT2D eigenvalue weighted by molar-refractivity contribution is -0.141. The maximum atomic E-state index is 13.5. The first kappa shape index (κ1) is 114. The third-order valence-corrected chi connectivity index (χ3v) is 27.4. The molecule has 0 radical (unpaired) electrons. The zero-order chi connectivity index (χ0) is 107. The maximum Gasteiger partial charge on any atom is 0.326 e. The first-order valence-corrected chi connectivity index (χ1v) is 51.1. The van der Waals surface area contributed by atoms with Crippen LogP contribution in [-0.2, 0) is 104 Å². The lowest BCUT2D eigenvalue weighted by Gasteiger charge is -2.35. The predicted molar refractivity (Wildman–Crippen MR) is 574 cm³/mol. The van der Waals surface area contributed by atoms with Gasteiger partial charge in [0.15, 0.2) is 0 Å². The van der Waals surface area contributed by atoms with Gasteiger partial charge in [0.2, 0.25) is 0 Å². The number of aromatic nitrogens is 1. The van der Waals surface area contributed by atoms with Gasteiger partial charge in [-0.3, -0.25) is 69.1 Å². The van der Waals surface area contributed by atoms with Gasteiger partial charge in [0, 0.05) is 126 Å². The Morgan fingerprint density at radius 2 is 0.547 bits per heavy atom. The summed E-state index contributed by atoms with van der Waals surface area (Å²) in [5.41, 5.74) is 34.0. The Morgan fingerprint density at radius 3 is 0.811 bits per heavy atom. The molecule has 778 valence electrons. The molecule has 3 aliphatic heterocycles. The number of carbonyl (C=O) groups excluding carboxylic acids is 8. The fourth-order valence-corrected chi connectivity index (χ4v) is 19.0. The quantitative estimate of drug-likeness (QED) is 0.00956. The van der Waals surface area contributed by atoms with Crippen LogP contribution in [0.2, 0.25) is 0 Å². The summed E-state index contributed by atoms with van der Waals surface area (Å²) in [5.74, 6) is -6.20. The van der Waals surface area contributed by atoms with Crippen LogP contribution in [0.25, 0.3) is 10.9 Å². The van der Waals surface area contributed by atoms with Gasteiger partial charge in [0.05, 0.1) is 50.8 Å². The number of Topliss-reactive ketones (excluding diaryl/α,β-unsaturated/α-hetero) is 4. The normalized spacial score (nSPS) is 14.4. The molecule has 35 heteroatoms.